The number of thiazole rings is 1. The number of halogens is 1. The van der Waals surface area contributed by atoms with Crippen LogP contribution in [0.1, 0.15) is 13.8 Å². The number of aryl methyl sites for hydroxylation is 1. The summed E-state index contributed by atoms with van der Waals surface area (Å²) in [4.78, 5) is 22.1. The van der Waals surface area contributed by atoms with Crippen LogP contribution >= 0.6 is 22.9 Å². The van der Waals surface area contributed by atoms with Crippen molar-refractivity contribution in [2.24, 2.45) is 5.16 Å². The van der Waals surface area contributed by atoms with Crippen molar-refractivity contribution in [2.75, 3.05) is 43.4 Å². The second kappa shape index (κ2) is 8.86. The van der Waals surface area contributed by atoms with Crippen LogP contribution in [0.25, 0.3) is 22.2 Å². The maximum absolute atomic E-state index is 13.4. The second-order valence-electron chi connectivity index (χ2n) is 7.65. The van der Waals surface area contributed by atoms with E-state index in [1.165, 1.54) is 11.3 Å². The average molecular weight is 461 g/mol. The first-order valence-electron chi connectivity index (χ1n) is 10.1. The lowest BCUT2D eigenvalue weighted by atomic mass is 10.1. The lowest BCUT2D eigenvalue weighted by Crippen LogP contribution is -2.47. The fourth-order valence-electron chi connectivity index (χ4n) is 4.00. The van der Waals surface area contributed by atoms with Crippen molar-refractivity contribution < 1.29 is 5.21 Å². The third-order valence-electron chi connectivity index (χ3n) is 5.62. The summed E-state index contributed by atoms with van der Waals surface area (Å²) in [5, 5.41) is 15.7. The van der Waals surface area contributed by atoms with Gasteiger partial charge in [0.05, 0.1) is 33.2 Å². The Hall–Kier alpha value is -2.62. The molecule has 0 unspecified atom stereocenters. The van der Waals surface area contributed by atoms with E-state index < -0.39 is 0 Å². The molecular formula is C21H25ClN6O2S. The number of fused-ring (bicyclic) bond motifs is 1. The maximum Gasteiger partial charge on any atom is 0.198 e. The minimum Gasteiger partial charge on any atom is -0.411 e. The van der Waals surface area contributed by atoms with Gasteiger partial charge in [0.2, 0.25) is 0 Å². The van der Waals surface area contributed by atoms with E-state index in [9.17, 15) is 4.79 Å². The first-order chi connectivity index (χ1) is 14.9. The number of nitrogen functional groups attached to an aromatic ring is 1. The van der Waals surface area contributed by atoms with Crippen LogP contribution in [0.3, 0.4) is 0 Å². The Bertz CT molecular complexity index is 1200. The number of nitrogens with two attached hydrogens (primary N) is 1. The molecule has 1 saturated heterocycles. The molecule has 10 heteroatoms. The minimum atomic E-state index is -0.0728. The molecule has 0 bridgehead atoms. The Labute approximate surface area is 189 Å². The van der Waals surface area contributed by atoms with E-state index in [2.05, 4.69) is 19.9 Å². The number of anilines is 2. The molecule has 0 spiro atoms. The third-order valence-corrected chi connectivity index (χ3v) is 6.60. The average Bonchev–Trinajstić information content (AvgIpc) is 3.20. The van der Waals surface area contributed by atoms with Gasteiger partial charge in [0, 0.05) is 56.2 Å². The predicted molar refractivity (Wildman–Crippen MR) is 128 cm³/mol. The third kappa shape index (κ3) is 4.26. The fraction of sp³-hybridized carbons (Fsp3) is 0.381. The molecule has 3 heterocycles. The van der Waals surface area contributed by atoms with Gasteiger partial charge in [-0.15, -0.1) is 11.3 Å². The van der Waals surface area contributed by atoms with Crippen LogP contribution in [0.2, 0.25) is 5.02 Å². The first kappa shape index (κ1) is 21.6. The smallest absolute Gasteiger partial charge is 0.198 e. The maximum atomic E-state index is 13.4. The Kier molecular flexibility index (Phi) is 6.17. The molecule has 1 aromatic carbocycles. The van der Waals surface area contributed by atoms with Gasteiger partial charge in [-0.05, 0) is 26.0 Å². The van der Waals surface area contributed by atoms with Crippen molar-refractivity contribution in [2.45, 2.75) is 20.4 Å². The summed E-state index contributed by atoms with van der Waals surface area (Å²) in [5.74, 6) is 0. The second-order valence-corrected chi connectivity index (χ2v) is 8.95. The van der Waals surface area contributed by atoms with E-state index in [1.54, 1.807) is 6.92 Å². The lowest BCUT2D eigenvalue weighted by molar-refractivity contribution is 0.279. The molecule has 4 rings (SSSR count). The van der Waals surface area contributed by atoms with Gasteiger partial charge in [0.1, 0.15) is 0 Å². The lowest BCUT2D eigenvalue weighted by Gasteiger charge is -2.36. The summed E-state index contributed by atoms with van der Waals surface area (Å²) in [7, 11) is 0. The van der Waals surface area contributed by atoms with Gasteiger partial charge in [-0.25, -0.2) is 4.98 Å². The fourth-order valence-corrected chi connectivity index (χ4v) is 4.84. The highest BCUT2D eigenvalue weighted by molar-refractivity contribution is 7.13. The van der Waals surface area contributed by atoms with E-state index in [0.29, 0.717) is 45.6 Å². The largest absolute Gasteiger partial charge is 0.411 e. The van der Waals surface area contributed by atoms with E-state index in [0.717, 1.165) is 37.4 Å². The first-order valence-corrected chi connectivity index (χ1v) is 11.4. The summed E-state index contributed by atoms with van der Waals surface area (Å²) in [6, 6.07) is 3.78. The Morgan fingerprint density at radius 2 is 2.06 bits per heavy atom. The molecule has 164 valence electrons. The number of benzene rings is 1. The number of aromatic nitrogens is 2. The van der Waals surface area contributed by atoms with E-state index in [-0.39, 0.29) is 5.43 Å². The van der Waals surface area contributed by atoms with Crippen LogP contribution in [0.15, 0.2) is 33.7 Å². The zero-order chi connectivity index (χ0) is 22.1. The molecule has 2 aromatic heterocycles. The SMILES string of the molecule is CCn1cc(-c2csc(N)n2)c(=O)c2cc(N3CCN(C/C(C)=N/O)CC3)c(Cl)cc21. The van der Waals surface area contributed by atoms with Crippen LogP contribution < -0.4 is 16.1 Å². The summed E-state index contributed by atoms with van der Waals surface area (Å²) >= 11 is 7.99. The Morgan fingerprint density at radius 1 is 1.32 bits per heavy atom. The molecule has 1 fully saturated rings. The normalized spacial score (nSPS) is 15.7. The molecule has 1 aliphatic rings. The van der Waals surface area contributed by atoms with Crippen molar-refractivity contribution in [3.05, 3.63) is 39.0 Å². The number of hydrogen-bond donors (Lipinski definition) is 2. The van der Waals surface area contributed by atoms with Crippen LogP contribution in [-0.4, -0.2) is 58.1 Å². The summed E-state index contributed by atoms with van der Waals surface area (Å²) < 4.78 is 2.02. The minimum absolute atomic E-state index is 0.0728. The molecule has 0 amide bonds. The number of piperazine rings is 1. The standard InChI is InChI=1S/C21H25ClN6O2S/c1-3-27-11-15(17-12-31-21(23)24-17)20(29)14-8-19(16(22)9-18(14)27)28-6-4-26(5-7-28)10-13(2)25-30/h8-9,11-12,30H,3-7,10H2,1-2H3,(H2,23,24)/b25-13+. The Balaban J connectivity index is 1.72. The van der Waals surface area contributed by atoms with Gasteiger partial charge < -0.3 is 20.4 Å². The van der Waals surface area contributed by atoms with Crippen molar-refractivity contribution in [1.82, 2.24) is 14.5 Å². The van der Waals surface area contributed by atoms with Crippen LogP contribution in [-0.2, 0) is 6.54 Å². The van der Waals surface area contributed by atoms with Crippen molar-refractivity contribution in [3.63, 3.8) is 0 Å². The quantitative estimate of drug-likeness (QED) is 0.344. The molecule has 8 nitrogen and oxygen atoms in total. The summed E-state index contributed by atoms with van der Waals surface area (Å²) in [6.45, 7) is 8.35. The van der Waals surface area contributed by atoms with E-state index >= 15 is 0 Å². The molecule has 1 aliphatic heterocycles. The van der Waals surface area contributed by atoms with Gasteiger partial charge in [-0.3, -0.25) is 9.69 Å². The highest BCUT2D eigenvalue weighted by Gasteiger charge is 2.22. The predicted octanol–water partition coefficient (Wildman–Crippen LogP) is 3.35. The van der Waals surface area contributed by atoms with Gasteiger partial charge in [0.15, 0.2) is 10.6 Å². The number of nitrogens with zero attached hydrogens (tertiary/aromatic N) is 5. The Morgan fingerprint density at radius 3 is 2.68 bits per heavy atom. The van der Waals surface area contributed by atoms with Gasteiger partial charge >= 0.3 is 0 Å². The van der Waals surface area contributed by atoms with E-state index in [1.807, 2.05) is 35.2 Å². The molecule has 0 saturated carbocycles. The van der Waals surface area contributed by atoms with Crippen LogP contribution in [0, 0.1) is 0 Å². The number of oxime groups is 1. The van der Waals surface area contributed by atoms with Gasteiger partial charge in [-0.2, -0.15) is 0 Å². The molecular weight excluding hydrogens is 436 g/mol. The summed E-state index contributed by atoms with van der Waals surface area (Å²) in [5.41, 5.74) is 9.21. The highest BCUT2D eigenvalue weighted by Crippen LogP contribution is 2.32. The molecule has 0 aliphatic carbocycles. The highest BCUT2D eigenvalue weighted by atomic mass is 35.5. The molecule has 31 heavy (non-hydrogen) atoms. The molecule has 3 N–H and O–H groups in total. The topological polar surface area (TPSA) is 100.0 Å². The number of rotatable bonds is 5. The van der Waals surface area contributed by atoms with Crippen LogP contribution in [0.4, 0.5) is 10.8 Å². The monoisotopic (exact) mass is 460 g/mol. The zero-order valence-corrected chi connectivity index (χ0v) is 19.1. The summed E-state index contributed by atoms with van der Waals surface area (Å²) in [6.07, 6.45) is 1.83. The van der Waals surface area contributed by atoms with Crippen molar-refractivity contribution >= 4 is 50.4 Å². The molecule has 0 radical (unpaired) electrons. The van der Waals surface area contributed by atoms with Crippen molar-refractivity contribution in [1.29, 1.82) is 0 Å². The van der Waals surface area contributed by atoms with Crippen LogP contribution in [0.5, 0.6) is 0 Å². The van der Waals surface area contributed by atoms with Gasteiger partial charge in [-0.1, -0.05) is 16.8 Å². The number of hydrogen-bond acceptors (Lipinski definition) is 8. The van der Waals surface area contributed by atoms with E-state index in [4.69, 9.17) is 22.5 Å². The van der Waals surface area contributed by atoms with Crippen molar-refractivity contribution in [3.8, 4) is 11.3 Å². The zero-order valence-electron chi connectivity index (χ0n) is 17.5. The molecule has 0 atom stereocenters. The number of pyridine rings is 1. The molecule has 3 aromatic rings. The van der Waals surface area contributed by atoms with Gasteiger partial charge in [0.25, 0.3) is 0 Å².